The van der Waals surface area contributed by atoms with Gasteiger partial charge in [0.05, 0.1) is 12.8 Å². The minimum Gasteiger partial charge on any atom is -0.386 e. The maximum absolute atomic E-state index is 10.3. The van der Waals surface area contributed by atoms with Gasteiger partial charge in [-0.15, -0.1) is 0 Å². The zero-order valence-corrected chi connectivity index (χ0v) is 12.2. The summed E-state index contributed by atoms with van der Waals surface area (Å²) >= 11 is 0. The van der Waals surface area contributed by atoms with E-state index in [2.05, 4.69) is 27.5 Å². The van der Waals surface area contributed by atoms with E-state index in [0.717, 1.165) is 24.4 Å². The van der Waals surface area contributed by atoms with Gasteiger partial charge in [-0.05, 0) is 6.42 Å². The highest BCUT2D eigenvalue weighted by Crippen LogP contribution is 2.21. The highest BCUT2D eigenvalue weighted by Gasteiger charge is 2.32. The van der Waals surface area contributed by atoms with Crippen LogP contribution in [0.4, 0.5) is 11.6 Å². The average Bonchev–Trinajstić information content (AvgIpc) is 3.12. The van der Waals surface area contributed by atoms with Gasteiger partial charge in [0.15, 0.2) is 11.5 Å². The number of hydrogen-bond acceptors (Lipinski definition) is 6. The number of nitrogens with zero attached hydrogens (tertiary/aromatic N) is 3. The van der Waals surface area contributed by atoms with Crippen molar-refractivity contribution in [2.75, 3.05) is 36.9 Å². The standard InChI is InChI=1S/C14H21N5O2/c1-2-4-15-11-8-19-6-5-16-13(19)12(18-11)17-9-14(20)3-7-21-10-14/h5-6,8,15,20H,2-4,7,9-10H2,1H3,(H,17,18). The van der Waals surface area contributed by atoms with Crippen LogP contribution in [0.15, 0.2) is 18.6 Å². The van der Waals surface area contributed by atoms with E-state index >= 15 is 0 Å². The number of aromatic nitrogens is 3. The van der Waals surface area contributed by atoms with Crippen molar-refractivity contribution in [1.82, 2.24) is 14.4 Å². The van der Waals surface area contributed by atoms with Crippen LogP contribution in [0.1, 0.15) is 19.8 Å². The lowest BCUT2D eigenvalue weighted by atomic mass is 10.0. The summed E-state index contributed by atoms with van der Waals surface area (Å²) in [6, 6.07) is 0. The van der Waals surface area contributed by atoms with E-state index in [1.54, 1.807) is 6.20 Å². The second-order valence-corrected chi connectivity index (χ2v) is 5.44. The lowest BCUT2D eigenvalue weighted by Gasteiger charge is -2.21. The molecule has 0 radical (unpaired) electrons. The van der Waals surface area contributed by atoms with Crippen molar-refractivity contribution in [3.8, 4) is 0 Å². The van der Waals surface area contributed by atoms with Crippen LogP contribution in [0.5, 0.6) is 0 Å². The minimum absolute atomic E-state index is 0.360. The molecule has 7 heteroatoms. The van der Waals surface area contributed by atoms with Crippen molar-refractivity contribution in [3.63, 3.8) is 0 Å². The number of aliphatic hydroxyl groups is 1. The zero-order valence-electron chi connectivity index (χ0n) is 12.2. The van der Waals surface area contributed by atoms with E-state index in [1.165, 1.54) is 0 Å². The SMILES string of the molecule is CCCNc1cn2ccnc2c(NCC2(O)CCOC2)n1. The lowest BCUT2D eigenvalue weighted by molar-refractivity contribution is 0.0381. The van der Waals surface area contributed by atoms with Crippen molar-refractivity contribution in [3.05, 3.63) is 18.6 Å². The van der Waals surface area contributed by atoms with Crippen molar-refractivity contribution in [1.29, 1.82) is 0 Å². The first kappa shape index (κ1) is 14.1. The fourth-order valence-corrected chi connectivity index (χ4v) is 2.37. The summed E-state index contributed by atoms with van der Waals surface area (Å²) in [6.07, 6.45) is 7.20. The highest BCUT2D eigenvalue weighted by atomic mass is 16.5. The molecule has 0 spiro atoms. The molecule has 21 heavy (non-hydrogen) atoms. The number of ether oxygens (including phenoxy) is 1. The third-order valence-corrected chi connectivity index (χ3v) is 3.60. The van der Waals surface area contributed by atoms with Crippen LogP contribution in [-0.4, -0.2) is 51.4 Å². The smallest absolute Gasteiger partial charge is 0.180 e. The normalized spacial score (nSPS) is 21.8. The molecule has 1 unspecified atom stereocenters. The number of fused-ring (bicyclic) bond motifs is 1. The average molecular weight is 291 g/mol. The molecule has 1 saturated heterocycles. The summed E-state index contributed by atoms with van der Waals surface area (Å²) in [7, 11) is 0. The maximum Gasteiger partial charge on any atom is 0.180 e. The Balaban J connectivity index is 1.80. The lowest BCUT2D eigenvalue weighted by Crippen LogP contribution is -2.37. The monoisotopic (exact) mass is 291 g/mol. The molecule has 1 atom stereocenters. The Morgan fingerprint density at radius 1 is 1.48 bits per heavy atom. The first-order chi connectivity index (χ1) is 10.2. The molecule has 1 aliphatic heterocycles. The molecule has 0 saturated carbocycles. The number of rotatable bonds is 6. The molecular formula is C14H21N5O2. The van der Waals surface area contributed by atoms with E-state index in [9.17, 15) is 5.11 Å². The molecule has 3 N–H and O–H groups in total. The third kappa shape index (κ3) is 3.08. The predicted octanol–water partition coefficient (Wildman–Crippen LogP) is 1.11. The van der Waals surface area contributed by atoms with Crippen LogP contribution in [0, 0.1) is 0 Å². The van der Waals surface area contributed by atoms with Crippen LogP contribution in [-0.2, 0) is 4.74 Å². The van der Waals surface area contributed by atoms with Gasteiger partial charge < -0.3 is 24.9 Å². The summed E-state index contributed by atoms with van der Waals surface area (Å²) in [5.74, 6) is 1.46. The number of anilines is 2. The summed E-state index contributed by atoms with van der Waals surface area (Å²) < 4.78 is 7.17. The van der Waals surface area contributed by atoms with Gasteiger partial charge in [0.2, 0.25) is 0 Å². The van der Waals surface area contributed by atoms with Gasteiger partial charge in [-0.3, -0.25) is 0 Å². The Bertz CT molecular complexity index is 606. The van der Waals surface area contributed by atoms with Crippen LogP contribution >= 0.6 is 0 Å². The molecule has 2 aromatic rings. The van der Waals surface area contributed by atoms with Gasteiger partial charge >= 0.3 is 0 Å². The maximum atomic E-state index is 10.3. The van der Waals surface area contributed by atoms with Gasteiger partial charge in [-0.1, -0.05) is 6.92 Å². The highest BCUT2D eigenvalue weighted by molar-refractivity contribution is 5.65. The predicted molar refractivity (Wildman–Crippen MR) is 80.6 cm³/mol. The Hall–Kier alpha value is -1.86. The van der Waals surface area contributed by atoms with Crippen molar-refractivity contribution >= 4 is 17.3 Å². The molecule has 7 nitrogen and oxygen atoms in total. The van der Waals surface area contributed by atoms with Gasteiger partial charge in [-0.2, -0.15) is 0 Å². The van der Waals surface area contributed by atoms with Crippen molar-refractivity contribution in [2.24, 2.45) is 0 Å². The summed E-state index contributed by atoms with van der Waals surface area (Å²) in [6.45, 7) is 4.34. The minimum atomic E-state index is -0.821. The van der Waals surface area contributed by atoms with Crippen LogP contribution in [0.2, 0.25) is 0 Å². The molecule has 1 fully saturated rings. The van der Waals surface area contributed by atoms with Gasteiger partial charge in [0.1, 0.15) is 11.4 Å². The molecule has 0 aromatic carbocycles. The quantitative estimate of drug-likeness (QED) is 0.739. The molecule has 0 bridgehead atoms. The molecule has 3 heterocycles. The van der Waals surface area contributed by atoms with E-state index in [1.807, 2.05) is 16.8 Å². The second kappa shape index (κ2) is 5.87. The summed E-state index contributed by atoms with van der Waals surface area (Å²) in [5.41, 5.74) is -0.0717. The van der Waals surface area contributed by atoms with Crippen LogP contribution < -0.4 is 10.6 Å². The Kier molecular flexibility index (Phi) is 3.94. The molecule has 0 aliphatic carbocycles. The molecule has 3 rings (SSSR count). The Morgan fingerprint density at radius 3 is 3.14 bits per heavy atom. The van der Waals surface area contributed by atoms with Gasteiger partial charge in [0, 0.05) is 38.5 Å². The van der Waals surface area contributed by atoms with Crippen molar-refractivity contribution < 1.29 is 9.84 Å². The topological polar surface area (TPSA) is 83.7 Å². The molecule has 1 aliphatic rings. The van der Waals surface area contributed by atoms with E-state index in [0.29, 0.717) is 32.0 Å². The second-order valence-electron chi connectivity index (χ2n) is 5.44. The number of nitrogens with one attached hydrogen (secondary N) is 2. The fourth-order valence-electron chi connectivity index (χ4n) is 2.37. The molecular weight excluding hydrogens is 270 g/mol. The van der Waals surface area contributed by atoms with Crippen LogP contribution in [0.3, 0.4) is 0 Å². The Labute approximate surface area is 123 Å². The van der Waals surface area contributed by atoms with Crippen molar-refractivity contribution in [2.45, 2.75) is 25.4 Å². The van der Waals surface area contributed by atoms with Crippen LogP contribution in [0.25, 0.3) is 5.65 Å². The first-order valence-corrected chi connectivity index (χ1v) is 7.32. The number of hydrogen-bond donors (Lipinski definition) is 3. The number of imidazole rings is 1. The molecule has 114 valence electrons. The fraction of sp³-hybridized carbons (Fsp3) is 0.571. The first-order valence-electron chi connectivity index (χ1n) is 7.32. The van der Waals surface area contributed by atoms with E-state index in [-0.39, 0.29) is 0 Å². The van der Waals surface area contributed by atoms with Gasteiger partial charge in [-0.25, -0.2) is 9.97 Å². The zero-order chi connectivity index (χ0) is 14.7. The van der Waals surface area contributed by atoms with E-state index < -0.39 is 5.60 Å². The molecule has 0 amide bonds. The largest absolute Gasteiger partial charge is 0.386 e. The summed E-state index contributed by atoms with van der Waals surface area (Å²) in [5, 5.41) is 16.8. The third-order valence-electron chi connectivity index (χ3n) is 3.60. The van der Waals surface area contributed by atoms with E-state index in [4.69, 9.17) is 4.74 Å². The van der Waals surface area contributed by atoms with Gasteiger partial charge in [0.25, 0.3) is 0 Å². The summed E-state index contributed by atoms with van der Waals surface area (Å²) in [4.78, 5) is 8.85. The molecule has 2 aromatic heterocycles. The Morgan fingerprint density at radius 2 is 2.38 bits per heavy atom.